The van der Waals surface area contributed by atoms with E-state index in [2.05, 4.69) is 22.5 Å². The van der Waals surface area contributed by atoms with Crippen LogP contribution in [0.15, 0.2) is 24.5 Å². The lowest BCUT2D eigenvalue weighted by molar-refractivity contribution is -0.137. The van der Waals surface area contributed by atoms with Gasteiger partial charge in [-0.3, -0.25) is 14.6 Å². The summed E-state index contributed by atoms with van der Waals surface area (Å²) in [5.41, 5.74) is 0.110. The van der Waals surface area contributed by atoms with E-state index < -0.39 is 5.41 Å². The average Bonchev–Trinajstić information content (AvgIpc) is 3.32. The molecule has 114 valence electrons. The second kappa shape index (κ2) is 7.20. The molecule has 2 N–H and O–H groups in total. The van der Waals surface area contributed by atoms with Gasteiger partial charge in [0.25, 0.3) is 0 Å². The van der Waals surface area contributed by atoms with Gasteiger partial charge in [0.15, 0.2) is 0 Å². The van der Waals surface area contributed by atoms with Gasteiger partial charge in [-0.05, 0) is 30.9 Å². The van der Waals surface area contributed by atoms with E-state index in [1.807, 2.05) is 12.1 Å². The molecule has 2 amide bonds. The molecule has 0 aliphatic heterocycles. The molecule has 1 aliphatic carbocycles. The Kier molecular flexibility index (Phi) is 5.31. The summed E-state index contributed by atoms with van der Waals surface area (Å²) in [7, 11) is 0. The largest absolute Gasteiger partial charge is 0.355 e. The summed E-state index contributed by atoms with van der Waals surface area (Å²) in [5, 5.41) is 5.73. The fraction of sp³-hybridized carbons (Fsp3) is 0.562. The van der Waals surface area contributed by atoms with E-state index in [4.69, 9.17) is 0 Å². The monoisotopic (exact) mass is 289 g/mol. The molecule has 1 fully saturated rings. The van der Waals surface area contributed by atoms with Crippen molar-refractivity contribution in [2.24, 2.45) is 5.41 Å². The first kappa shape index (κ1) is 15.5. The zero-order valence-corrected chi connectivity index (χ0v) is 12.5. The molecule has 0 spiro atoms. The third kappa shape index (κ3) is 4.03. The normalized spacial score (nSPS) is 15.3. The Morgan fingerprint density at radius 2 is 2.00 bits per heavy atom. The van der Waals surface area contributed by atoms with Crippen LogP contribution in [0.1, 0.15) is 44.6 Å². The van der Waals surface area contributed by atoms with Gasteiger partial charge in [0.1, 0.15) is 5.41 Å². The lowest BCUT2D eigenvalue weighted by atomic mass is 10.0. The minimum Gasteiger partial charge on any atom is -0.355 e. The lowest BCUT2D eigenvalue weighted by Gasteiger charge is -2.15. The highest BCUT2D eigenvalue weighted by atomic mass is 16.2. The number of aromatic nitrogens is 1. The molecular formula is C16H23N3O2. The second-order valence-electron chi connectivity index (χ2n) is 5.59. The summed E-state index contributed by atoms with van der Waals surface area (Å²) < 4.78 is 0. The predicted molar refractivity (Wildman–Crippen MR) is 80.3 cm³/mol. The third-order valence-electron chi connectivity index (χ3n) is 3.86. The first-order valence-corrected chi connectivity index (χ1v) is 7.64. The van der Waals surface area contributed by atoms with Crippen molar-refractivity contribution in [3.05, 3.63) is 30.1 Å². The molecule has 1 aromatic heterocycles. The Morgan fingerprint density at radius 1 is 1.24 bits per heavy atom. The molecule has 0 saturated heterocycles. The van der Waals surface area contributed by atoms with Crippen molar-refractivity contribution in [2.75, 3.05) is 6.54 Å². The van der Waals surface area contributed by atoms with Crippen molar-refractivity contribution in [3.63, 3.8) is 0 Å². The number of nitrogens with zero attached hydrogens (tertiary/aromatic N) is 1. The van der Waals surface area contributed by atoms with Gasteiger partial charge in [-0.1, -0.05) is 25.8 Å². The summed E-state index contributed by atoms with van der Waals surface area (Å²) in [5.74, 6) is -0.290. The van der Waals surface area contributed by atoms with E-state index in [9.17, 15) is 9.59 Å². The van der Waals surface area contributed by atoms with Crippen LogP contribution in [0.3, 0.4) is 0 Å². The number of hydrogen-bond donors (Lipinski definition) is 2. The number of hydrogen-bond acceptors (Lipinski definition) is 3. The molecule has 0 radical (unpaired) electrons. The number of pyridine rings is 1. The molecule has 1 aliphatic rings. The molecule has 1 saturated carbocycles. The van der Waals surface area contributed by atoms with Crippen molar-refractivity contribution >= 4 is 11.8 Å². The minimum atomic E-state index is -0.825. The Morgan fingerprint density at radius 3 is 2.62 bits per heavy atom. The van der Waals surface area contributed by atoms with Gasteiger partial charge >= 0.3 is 0 Å². The third-order valence-corrected chi connectivity index (χ3v) is 3.86. The van der Waals surface area contributed by atoms with E-state index in [1.54, 1.807) is 12.4 Å². The van der Waals surface area contributed by atoms with E-state index in [0.717, 1.165) is 24.8 Å². The molecule has 2 rings (SSSR count). The highest BCUT2D eigenvalue weighted by Gasteiger charge is 2.56. The van der Waals surface area contributed by atoms with Gasteiger partial charge in [-0.25, -0.2) is 0 Å². The van der Waals surface area contributed by atoms with Gasteiger partial charge in [-0.15, -0.1) is 0 Å². The van der Waals surface area contributed by atoms with E-state index >= 15 is 0 Å². The Labute approximate surface area is 125 Å². The Bertz CT molecular complexity index is 484. The highest BCUT2D eigenvalue weighted by Crippen LogP contribution is 2.46. The first-order chi connectivity index (χ1) is 10.2. The van der Waals surface area contributed by atoms with Gasteiger partial charge in [0.05, 0.1) is 0 Å². The number of carbonyl (C=O) groups excluding carboxylic acids is 2. The Hall–Kier alpha value is -1.91. The maximum Gasteiger partial charge on any atom is 0.235 e. The number of amides is 2. The van der Waals surface area contributed by atoms with Crippen molar-refractivity contribution in [3.8, 4) is 0 Å². The molecule has 1 heterocycles. The van der Waals surface area contributed by atoms with Gasteiger partial charge in [0.2, 0.25) is 11.8 Å². The standard InChI is InChI=1S/C16H23N3O2/c1-2-3-4-10-18-14(20)16(7-8-16)15(21)19-12-13-6-5-9-17-11-13/h5-6,9,11H,2-4,7-8,10,12H2,1H3,(H,18,20)(H,19,21). The molecule has 0 aromatic carbocycles. The van der Waals surface area contributed by atoms with Crippen molar-refractivity contribution < 1.29 is 9.59 Å². The van der Waals surface area contributed by atoms with Crippen LogP contribution in [0.2, 0.25) is 0 Å². The van der Waals surface area contributed by atoms with E-state index in [-0.39, 0.29) is 11.8 Å². The topological polar surface area (TPSA) is 71.1 Å². The second-order valence-corrected chi connectivity index (χ2v) is 5.59. The highest BCUT2D eigenvalue weighted by molar-refractivity contribution is 6.07. The Balaban J connectivity index is 1.79. The zero-order chi connectivity index (χ0) is 15.1. The quantitative estimate of drug-likeness (QED) is 0.566. The first-order valence-electron chi connectivity index (χ1n) is 7.64. The lowest BCUT2D eigenvalue weighted by Crippen LogP contribution is -2.43. The number of rotatable bonds is 8. The SMILES string of the molecule is CCCCCNC(=O)C1(C(=O)NCc2cccnc2)CC1. The summed E-state index contributed by atoms with van der Waals surface area (Å²) in [6.45, 7) is 3.19. The fourth-order valence-electron chi connectivity index (χ4n) is 2.28. The van der Waals surface area contributed by atoms with Crippen LogP contribution < -0.4 is 10.6 Å². The molecule has 0 atom stereocenters. The van der Waals surface area contributed by atoms with E-state index in [0.29, 0.717) is 25.9 Å². The molecule has 1 aromatic rings. The van der Waals surface area contributed by atoms with Crippen LogP contribution in [0.25, 0.3) is 0 Å². The molecule has 0 bridgehead atoms. The summed E-state index contributed by atoms with van der Waals surface area (Å²) >= 11 is 0. The van der Waals surface area contributed by atoms with Crippen molar-refractivity contribution in [1.82, 2.24) is 15.6 Å². The maximum atomic E-state index is 12.2. The van der Waals surface area contributed by atoms with Crippen LogP contribution in [0, 0.1) is 5.41 Å². The number of carbonyl (C=O) groups is 2. The van der Waals surface area contributed by atoms with Crippen LogP contribution in [0.5, 0.6) is 0 Å². The van der Waals surface area contributed by atoms with Crippen molar-refractivity contribution in [1.29, 1.82) is 0 Å². The van der Waals surface area contributed by atoms with E-state index in [1.165, 1.54) is 0 Å². The van der Waals surface area contributed by atoms with Gasteiger partial charge in [-0.2, -0.15) is 0 Å². The summed E-state index contributed by atoms with van der Waals surface area (Å²) in [6, 6.07) is 3.73. The van der Waals surface area contributed by atoms with Crippen LogP contribution in [-0.2, 0) is 16.1 Å². The molecule has 5 heteroatoms. The zero-order valence-electron chi connectivity index (χ0n) is 12.5. The number of nitrogens with one attached hydrogen (secondary N) is 2. The smallest absolute Gasteiger partial charge is 0.235 e. The molecular weight excluding hydrogens is 266 g/mol. The molecule has 5 nitrogen and oxygen atoms in total. The van der Waals surface area contributed by atoms with Gasteiger partial charge in [0, 0.05) is 25.5 Å². The predicted octanol–water partition coefficient (Wildman–Crippen LogP) is 1.78. The molecule has 21 heavy (non-hydrogen) atoms. The van der Waals surface area contributed by atoms with Gasteiger partial charge < -0.3 is 10.6 Å². The summed E-state index contributed by atoms with van der Waals surface area (Å²) in [4.78, 5) is 28.4. The summed E-state index contributed by atoms with van der Waals surface area (Å²) in [6.07, 6.45) is 7.88. The minimum absolute atomic E-state index is 0.123. The number of unbranched alkanes of at least 4 members (excludes halogenated alkanes) is 2. The maximum absolute atomic E-state index is 12.2. The fourth-order valence-corrected chi connectivity index (χ4v) is 2.28. The van der Waals surface area contributed by atoms with Crippen LogP contribution in [0.4, 0.5) is 0 Å². The van der Waals surface area contributed by atoms with Crippen molar-refractivity contribution in [2.45, 2.75) is 45.6 Å². The van der Waals surface area contributed by atoms with Crippen LogP contribution in [-0.4, -0.2) is 23.3 Å². The molecule has 0 unspecified atom stereocenters. The van der Waals surface area contributed by atoms with Crippen LogP contribution >= 0.6 is 0 Å². The average molecular weight is 289 g/mol.